The molecule has 0 aliphatic carbocycles. The third-order valence-electron chi connectivity index (χ3n) is 3.07. The molecule has 0 fully saturated rings. The summed E-state index contributed by atoms with van der Waals surface area (Å²) in [4.78, 5) is 40.8. The van der Waals surface area contributed by atoms with Crippen LogP contribution in [0.25, 0.3) is 0 Å². The average molecular weight is 281 g/mol. The van der Waals surface area contributed by atoms with Gasteiger partial charge in [-0.05, 0) is 0 Å². The maximum atomic E-state index is 12.0. The predicted octanol–water partition coefficient (Wildman–Crippen LogP) is -2.13. The van der Waals surface area contributed by atoms with Gasteiger partial charge in [-0.25, -0.2) is 9.78 Å². The molecule has 0 spiro atoms. The molecule has 2 atom stereocenters. The number of carbonyl (C=O) groups excluding carboxylic acids is 2. The highest BCUT2D eigenvalue weighted by atomic mass is 16.4. The summed E-state index contributed by atoms with van der Waals surface area (Å²) in [6.45, 7) is 0.445. The number of carboxylic acids is 1. The smallest absolute Gasteiger partial charge is 0.326 e. The third-order valence-corrected chi connectivity index (χ3v) is 3.07. The van der Waals surface area contributed by atoms with Crippen LogP contribution in [-0.4, -0.2) is 44.9 Å². The molecule has 2 rings (SSSR count). The molecule has 6 N–H and O–H groups in total. The lowest BCUT2D eigenvalue weighted by atomic mass is 10.0. The Morgan fingerprint density at radius 2 is 2.30 bits per heavy atom. The van der Waals surface area contributed by atoms with Crippen molar-refractivity contribution in [1.29, 1.82) is 0 Å². The number of aromatic amines is 1. The Labute approximate surface area is 113 Å². The fourth-order valence-corrected chi connectivity index (χ4v) is 2.03. The lowest BCUT2D eigenvalue weighted by Gasteiger charge is -2.23. The van der Waals surface area contributed by atoms with Gasteiger partial charge in [-0.15, -0.1) is 0 Å². The van der Waals surface area contributed by atoms with E-state index in [1.54, 1.807) is 6.33 Å². The molecule has 1 aliphatic heterocycles. The molecular formula is C11H15N5O4. The van der Waals surface area contributed by atoms with E-state index in [0.717, 1.165) is 11.4 Å². The Morgan fingerprint density at radius 1 is 1.55 bits per heavy atom. The molecule has 2 heterocycles. The summed E-state index contributed by atoms with van der Waals surface area (Å²) in [6.07, 6.45) is 1.45. The number of rotatable bonds is 5. The highest BCUT2D eigenvalue weighted by molar-refractivity contribution is 5.90. The second kappa shape index (κ2) is 5.70. The van der Waals surface area contributed by atoms with Gasteiger partial charge >= 0.3 is 5.97 Å². The first-order chi connectivity index (χ1) is 9.47. The topological polar surface area (TPSA) is 150 Å². The van der Waals surface area contributed by atoms with Gasteiger partial charge in [-0.3, -0.25) is 14.9 Å². The molecule has 0 radical (unpaired) electrons. The molecule has 9 heteroatoms. The van der Waals surface area contributed by atoms with Gasteiger partial charge in [0.1, 0.15) is 6.04 Å². The van der Waals surface area contributed by atoms with Crippen LogP contribution in [0.5, 0.6) is 0 Å². The second-order valence-electron chi connectivity index (χ2n) is 4.54. The zero-order chi connectivity index (χ0) is 14.7. The Hall–Kier alpha value is -2.42. The number of carbonyl (C=O) groups is 3. The molecular weight excluding hydrogens is 266 g/mol. The number of H-pyrrole nitrogens is 1. The molecule has 20 heavy (non-hydrogen) atoms. The van der Waals surface area contributed by atoms with Crippen molar-refractivity contribution in [1.82, 2.24) is 20.6 Å². The van der Waals surface area contributed by atoms with Crippen LogP contribution in [0, 0.1) is 0 Å². The van der Waals surface area contributed by atoms with Gasteiger partial charge in [0.2, 0.25) is 11.8 Å². The normalized spacial score (nSPS) is 18.9. The van der Waals surface area contributed by atoms with Crippen LogP contribution in [0.2, 0.25) is 0 Å². The van der Waals surface area contributed by atoms with Crippen molar-refractivity contribution in [3.05, 3.63) is 17.7 Å². The van der Waals surface area contributed by atoms with Crippen molar-refractivity contribution < 1.29 is 19.5 Å². The van der Waals surface area contributed by atoms with E-state index in [1.807, 2.05) is 0 Å². The van der Waals surface area contributed by atoms with Gasteiger partial charge in [-0.1, -0.05) is 0 Å². The maximum Gasteiger partial charge on any atom is 0.326 e. The molecule has 0 saturated heterocycles. The Kier molecular flexibility index (Phi) is 3.99. The number of carboxylic acid groups (broad SMARTS) is 1. The molecule has 1 unspecified atom stereocenters. The summed E-state index contributed by atoms with van der Waals surface area (Å²) in [5, 5.41) is 14.2. The van der Waals surface area contributed by atoms with E-state index in [9.17, 15) is 14.4 Å². The SMILES string of the molecule is NC(=O)C[C@H](NC(=O)C1Cc2nc[nH]c2CN1)C(=O)O. The van der Waals surface area contributed by atoms with E-state index in [-0.39, 0.29) is 0 Å². The lowest BCUT2D eigenvalue weighted by molar-refractivity contribution is -0.143. The maximum absolute atomic E-state index is 12.0. The van der Waals surface area contributed by atoms with Crippen LogP contribution >= 0.6 is 0 Å². The summed E-state index contributed by atoms with van der Waals surface area (Å²) in [6, 6.07) is -1.90. The Balaban J connectivity index is 1.98. The minimum absolute atomic E-state index is 0.355. The highest BCUT2D eigenvalue weighted by Gasteiger charge is 2.29. The number of amides is 2. The molecule has 9 nitrogen and oxygen atoms in total. The third kappa shape index (κ3) is 3.12. The summed E-state index contributed by atoms with van der Waals surface area (Å²) in [7, 11) is 0. The molecule has 1 aromatic rings. The van der Waals surface area contributed by atoms with E-state index in [0.29, 0.717) is 13.0 Å². The number of nitrogens with two attached hydrogens (primary N) is 1. The average Bonchev–Trinajstić information content (AvgIpc) is 2.84. The number of hydrogen-bond acceptors (Lipinski definition) is 5. The van der Waals surface area contributed by atoms with Crippen molar-refractivity contribution in [2.24, 2.45) is 5.73 Å². The van der Waals surface area contributed by atoms with Gasteiger partial charge in [0.25, 0.3) is 0 Å². The Morgan fingerprint density at radius 3 is 2.95 bits per heavy atom. The van der Waals surface area contributed by atoms with Crippen molar-refractivity contribution in [3.8, 4) is 0 Å². The number of primary amides is 1. The Bertz CT molecular complexity index is 541. The summed E-state index contributed by atoms with van der Waals surface area (Å²) >= 11 is 0. The zero-order valence-electron chi connectivity index (χ0n) is 10.5. The van der Waals surface area contributed by atoms with Crippen LogP contribution in [0.1, 0.15) is 17.8 Å². The second-order valence-corrected chi connectivity index (χ2v) is 4.54. The molecule has 2 amide bonds. The fourth-order valence-electron chi connectivity index (χ4n) is 2.03. The van der Waals surface area contributed by atoms with E-state index in [2.05, 4.69) is 20.6 Å². The molecule has 108 valence electrons. The van der Waals surface area contributed by atoms with Gasteiger partial charge < -0.3 is 21.1 Å². The van der Waals surface area contributed by atoms with Gasteiger partial charge in [0.05, 0.1) is 30.2 Å². The predicted molar refractivity (Wildman–Crippen MR) is 66.3 cm³/mol. The van der Waals surface area contributed by atoms with Crippen LogP contribution in [0.3, 0.4) is 0 Å². The molecule has 1 aromatic heterocycles. The number of nitrogens with one attached hydrogen (secondary N) is 3. The van der Waals surface area contributed by atoms with Gasteiger partial charge in [0, 0.05) is 13.0 Å². The van der Waals surface area contributed by atoms with E-state index < -0.39 is 36.3 Å². The standard InChI is InChI=1S/C11H15N5O4/c12-9(17)2-7(11(19)20)16-10(18)6-1-5-8(3-13-6)15-4-14-5/h4,6-7,13H,1-3H2,(H2,12,17)(H,14,15)(H,16,18)(H,19,20)/t6?,7-/m0/s1. The van der Waals surface area contributed by atoms with E-state index >= 15 is 0 Å². The van der Waals surface area contributed by atoms with Crippen LogP contribution in [0.4, 0.5) is 0 Å². The summed E-state index contributed by atoms with van der Waals surface area (Å²) in [5.41, 5.74) is 6.62. The number of aliphatic carboxylic acids is 1. The fraction of sp³-hybridized carbons (Fsp3) is 0.455. The number of imidazole rings is 1. The summed E-state index contributed by atoms with van der Waals surface area (Å²) in [5.74, 6) is -2.58. The largest absolute Gasteiger partial charge is 0.480 e. The first-order valence-electron chi connectivity index (χ1n) is 6.03. The molecule has 0 saturated carbocycles. The zero-order valence-corrected chi connectivity index (χ0v) is 10.5. The summed E-state index contributed by atoms with van der Waals surface area (Å²) < 4.78 is 0. The van der Waals surface area contributed by atoms with Crippen molar-refractivity contribution in [3.63, 3.8) is 0 Å². The van der Waals surface area contributed by atoms with E-state index in [1.165, 1.54) is 0 Å². The minimum Gasteiger partial charge on any atom is -0.480 e. The van der Waals surface area contributed by atoms with Crippen molar-refractivity contribution >= 4 is 17.8 Å². The van der Waals surface area contributed by atoms with E-state index in [4.69, 9.17) is 10.8 Å². The molecule has 0 bridgehead atoms. The van der Waals surface area contributed by atoms with Crippen LogP contribution in [-0.2, 0) is 27.3 Å². The molecule has 0 aromatic carbocycles. The molecule has 1 aliphatic rings. The van der Waals surface area contributed by atoms with Crippen molar-refractivity contribution in [2.45, 2.75) is 31.5 Å². The number of nitrogens with zero attached hydrogens (tertiary/aromatic N) is 1. The lowest BCUT2D eigenvalue weighted by Crippen LogP contribution is -2.53. The highest BCUT2D eigenvalue weighted by Crippen LogP contribution is 2.12. The van der Waals surface area contributed by atoms with Gasteiger partial charge in [0.15, 0.2) is 0 Å². The number of aromatic nitrogens is 2. The number of hydrogen-bond donors (Lipinski definition) is 5. The van der Waals surface area contributed by atoms with Crippen molar-refractivity contribution in [2.75, 3.05) is 0 Å². The quantitative estimate of drug-likeness (QED) is 0.416. The minimum atomic E-state index is -1.32. The number of fused-ring (bicyclic) bond motifs is 1. The van der Waals surface area contributed by atoms with Crippen LogP contribution < -0.4 is 16.4 Å². The first-order valence-corrected chi connectivity index (χ1v) is 6.03. The monoisotopic (exact) mass is 281 g/mol. The van der Waals surface area contributed by atoms with Gasteiger partial charge in [-0.2, -0.15) is 0 Å². The first kappa shape index (κ1) is 14.0. The van der Waals surface area contributed by atoms with Crippen LogP contribution in [0.15, 0.2) is 6.33 Å².